The maximum Gasteiger partial charge on any atom is 0.302 e. The number of hydrogen-bond acceptors (Lipinski definition) is 6. The van der Waals surface area contributed by atoms with E-state index in [-0.39, 0.29) is 35.7 Å². The third-order valence-corrected chi connectivity index (χ3v) is 7.89. The van der Waals surface area contributed by atoms with E-state index in [0.717, 1.165) is 68.0 Å². The Hall–Kier alpha value is -3.78. The van der Waals surface area contributed by atoms with Gasteiger partial charge in [0.05, 0.1) is 11.2 Å². The number of hydrogen-bond donors (Lipinski definition) is 3. The van der Waals surface area contributed by atoms with Gasteiger partial charge in [-0.15, -0.1) is 0 Å². The van der Waals surface area contributed by atoms with Crippen molar-refractivity contribution in [3.63, 3.8) is 0 Å². The molecular formula is C30H33N5O3. The first-order valence-corrected chi connectivity index (χ1v) is 13.7. The summed E-state index contributed by atoms with van der Waals surface area (Å²) >= 11 is 0. The number of fused-ring (bicyclic) bond motifs is 2. The minimum absolute atomic E-state index is 0.0222. The van der Waals surface area contributed by atoms with Crippen molar-refractivity contribution in [2.24, 2.45) is 11.8 Å². The van der Waals surface area contributed by atoms with Gasteiger partial charge in [-0.05, 0) is 56.4 Å². The predicted octanol–water partition coefficient (Wildman–Crippen LogP) is 5.79. The minimum Gasteiger partial charge on any atom is -0.423 e. The number of rotatable bonds is 7. The molecule has 2 amide bonds. The Kier molecular flexibility index (Phi) is 7.05. The van der Waals surface area contributed by atoms with Crippen molar-refractivity contribution in [2.75, 3.05) is 10.6 Å². The van der Waals surface area contributed by atoms with Crippen LogP contribution in [0.1, 0.15) is 57.1 Å². The second kappa shape index (κ2) is 10.9. The van der Waals surface area contributed by atoms with Crippen molar-refractivity contribution in [1.82, 2.24) is 15.3 Å². The van der Waals surface area contributed by atoms with Crippen molar-refractivity contribution in [2.45, 2.75) is 64.0 Å². The Bertz CT molecular complexity index is 1460. The quantitative estimate of drug-likeness (QED) is 0.290. The van der Waals surface area contributed by atoms with Crippen molar-refractivity contribution in [3.05, 3.63) is 60.3 Å². The molecule has 2 aromatic heterocycles. The summed E-state index contributed by atoms with van der Waals surface area (Å²) in [6.45, 7) is 0.686. The second-order valence-electron chi connectivity index (χ2n) is 10.6. The van der Waals surface area contributed by atoms with Crippen LogP contribution in [0.3, 0.4) is 0 Å². The van der Waals surface area contributed by atoms with E-state index in [2.05, 4.69) is 39.1 Å². The van der Waals surface area contributed by atoms with Crippen LogP contribution in [-0.2, 0) is 16.1 Å². The standard InChI is InChI=1S/C30H33N5O3/c36-28(20-7-1-2-8-20)35-30-34-26-15-14-23(17-27(26)38-30)33-29(37)21-9-5-10-22(16-21)31-18-24-13-12-19-6-3-4-11-25(19)32-24/h3-4,6,11-15,17,20-22,31H,1-2,5,7-10,16,18H2,(H,33,37)(H,34,35,36)/t21-,22+/m1/s1. The lowest BCUT2D eigenvalue weighted by molar-refractivity contribution is -0.121. The Morgan fingerprint density at radius 3 is 2.53 bits per heavy atom. The lowest BCUT2D eigenvalue weighted by atomic mass is 9.85. The molecule has 0 radical (unpaired) electrons. The topological polar surface area (TPSA) is 109 Å². The van der Waals surface area contributed by atoms with Gasteiger partial charge < -0.3 is 15.1 Å². The second-order valence-corrected chi connectivity index (χ2v) is 10.6. The summed E-state index contributed by atoms with van der Waals surface area (Å²) in [6, 6.07) is 18.2. The number of carbonyl (C=O) groups is 2. The molecule has 0 saturated heterocycles. The van der Waals surface area contributed by atoms with Gasteiger partial charge in [0, 0.05) is 41.6 Å². The number of carbonyl (C=O) groups excluding carboxylic acids is 2. The number of pyridine rings is 1. The SMILES string of the molecule is O=C(Nc1nc2ccc(NC(=O)[C@@H]3CCC[C@H](NCc4ccc5ccccc5n4)C3)cc2o1)C1CCCC1. The summed E-state index contributed by atoms with van der Waals surface area (Å²) in [7, 11) is 0. The molecule has 0 unspecified atom stereocenters. The zero-order valence-corrected chi connectivity index (χ0v) is 21.4. The highest BCUT2D eigenvalue weighted by Crippen LogP contribution is 2.29. The largest absolute Gasteiger partial charge is 0.423 e. The van der Waals surface area contributed by atoms with E-state index in [1.54, 1.807) is 6.07 Å². The molecule has 3 N–H and O–H groups in total. The third kappa shape index (κ3) is 5.55. The Labute approximate surface area is 221 Å². The Morgan fingerprint density at radius 2 is 1.63 bits per heavy atom. The molecule has 8 heteroatoms. The van der Waals surface area contributed by atoms with Crippen LogP contribution in [0.15, 0.2) is 59.0 Å². The van der Waals surface area contributed by atoms with Gasteiger partial charge in [0.2, 0.25) is 11.8 Å². The molecule has 2 saturated carbocycles. The molecule has 8 nitrogen and oxygen atoms in total. The highest BCUT2D eigenvalue weighted by atomic mass is 16.4. The first-order chi connectivity index (χ1) is 18.6. The van der Waals surface area contributed by atoms with Gasteiger partial charge in [-0.3, -0.25) is 19.9 Å². The zero-order valence-electron chi connectivity index (χ0n) is 21.4. The Balaban J connectivity index is 1.04. The summed E-state index contributed by atoms with van der Waals surface area (Å²) in [6.07, 6.45) is 7.74. The fraction of sp³-hybridized carbons (Fsp3) is 0.400. The van der Waals surface area contributed by atoms with E-state index in [1.807, 2.05) is 30.3 Å². The molecule has 6 rings (SSSR count). The lowest BCUT2D eigenvalue weighted by Crippen LogP contribution is -2.37. The van der Waals surface area contributed by atoms with Crippen LogP contribution in [0.2, 0.25) is 0 Å². The van der Waals surface area contributed by atoms with E-state index >= 15 is 0 Å². The molecule has 2 fully saturated rings. The molecule has 0 aliphatic heterocycles. The van der Waals surface area contributed by atoms with Crippen molar-refractivity contribution < 1.29 is 14.0 Å². The maximum absolute atomic E-state index is 13.1. The summed E-state index contributed by atoms with van der Waals surface area (Å²) in [5.74, 6) is -0.0246. The fourth-order valence-corrected chi connectivity index (χ4v) is 5.76. The number of aromatic nitrogens is 2. The highest BCUT2D eigenvalue weighted by molar-refractivity contribution is 5.95. The van der Waals surface area contributed by atoms with E-state index < -0.39 is 0 Å². The van der Waals surface area contributed by atoms with E-state index in [0.29, 0.717) is 23.3 Å². The fourth-order valence-electron chi connectivity index (χ4n) is 5.76. The first kappa shape index (κ1) is 24.6. The third-order valence-electron chi connectivity index (χ3n) is 7.89. The molecule has 2 aliphatic rings. The number of nitrogens with zero attached hydrogens (tertiary/aromatic N) is 2. The number of oxazole rings is 1. The van der Waals surface area contributed by atoms with Crippen LogP contribution in [0.25, 0.3) is 22.0 Å². The van der Waals surface area contributed by atoms with Gasteiger partial charge in [-0.25, -0.2) is 0 Å². The molecule has 196 valence electrons. The first-order valence-electron chi connectivity index (χ1n) is 13.7. The van der Waals surface area contributed by atoms with Crippen LogP contribution in [0.5, 0.6) is 0 Å². The van der Waals surface area contributed by atoms with Crippen molar-refractivity contribution >= 4 is 45.5 Å². The van der Waals surface area contributed by atoms with Gasteiger partial charge in [-0.1, -0.05) is 43.5 Å². The predicted molar refractivity (Wildman–Crippen MR) is 148 cm³/mol. The van der Waals surface area contributed by atoms with Gasteiger partial charge in [0.15, 0.2) is 5.58 Å². The maximum atomic E-state index is 13.1. The molecule has 0 spiro atoms. The summed E-state index contributed by atoms with van der Waals surface area (Å²) in [4.78, 5) is 34.7. The normalized spacial score (nSPS) is 20.1. The smallest absolute Gasteiger partial charge is 0.302 e. The van der Waals surface area contributed by atoms with Gasteiger partial charge in [0.1, 0.15) is 5.52 Å². The molecule has 4 aromatic rings. The molecule has 2 heterocycles. The minimum atomic E-state index is -0.0579. The van der Waals surface area contributed by atoms with Crippen LogP contribution < -0.4 is 16.0 Å². The number of amides is 2. The molecule has 2 aromatic carbocycles. The van der Waals surface area contributed by atoms with Crippen LogP contribution in [-0.4, -0.2) is 27.8 Å². The molecule has 38 heavy (non-hydrogen) atoms. The summed E-state index contributed by atoms with van der Waals surface area (Å²) < 4.78 is 5.77. The average Bonchev–Trinajstić information content (AvgIpc) is 3.62. The number of benzene rings is 2. The Morgan fingerprint density at radius 1 is 0.816 bits per heavy atom. The average molecular weight is 512 g/mol. The summed E-state index contributed by atoms with van der Waals surface area (Å²) in [5.41, 5.74) is 3.86. The van der Waals surface area contributed by atoms with E-state index in [4.69, 9.17) is 9.40 Å². The van der Waals surface area contributed by atoms with E-state index in [9.17, 15) is 9.59 Å². The monoisotopic (exact) mass is 511 g/mol. The van der Waals surface area contributed by atoms with Crippen molar-refractivity contribution in [1.29, 1.82) is 0 Å². The number of para-hydroxylation sites is 1. The van der Waals surface area contributed by atoms with Gasteiger partial charge in [-0.2, -0.15) is 4.98 Å². The van der Waals surface area contributed by atoms with Crippen LogP contribution >= 0.6 is 0 Å². The molecular weight excluding hydrogens is 478 g/mol. The summed E-state index contributed by atoms with van der Waals surface area (Å²) in [5, 5.41) is 10.6. The van der Waals surface area contributed by atoms with Crippen LogP contribution in [0.4, 0.5) is 11.7 Å². The van der Waals surface area contributed by atoms with E-state index in [1.165, 1.54) is 0 Å². The van der Waals surface area contributed by atoms with Crippen LogP contribution in [0, 0.1) is 11.8 Å². The highest BCUT2D eigenvalue weighted by Gasteiger charge is 2.28. The molecule has 2 aliphatic carbocycles. The molecule has 0 bridgehead atoms. The van der Waals surface area contributed by atoms with Gasteiger partial charge >= 0.3 is 6.01 Å². The number of anilines is 2. The zero-order chi connectivity index (χ0) is 25.9. The number of nitrogens with one attached hydrogen (secondary N) is 3. The van der Waals surface area contributed by atoms with Gasteiger partial charge in [0.25, 0.3) is 0 Å². The molecule has 2 atom stereocenters. The lowest BCUT2D eigenvalue weighted by Gasteiger charge is -2.29. The van der Waals surface area contributed by atoms with Crippen molar-refractivity contribution in [3.8, 4) is 0 Å².